The Morgan fingerprint density at radius 1 is 1.19 bits per heavy atom. The summed E-state index contributed by atoms with van der Waals surface area (Å²) in [4.78, 5) is 10.4. The molecule has 0 fully saturated rings. The minimum atomic E-state index is -3.91. The van der Waals surface area contributed by atoms with Gasteiger partial charge < -0.3 is 4.98 Å². The lowest BCUT2D eigenvalue weighted by molar-refractivity contribution is 0.610. The number of nitrogens with one attached hydrogen (secondary N) is 1. The maximum Gasteiger partial charge on any atom is 0.263 e. The molecule has 9 heteroatoms. The first-order chi connectivity index (χ1) is 9.88. The van der Waals surface area contributed by atoms with Crippen LogP contribution in [0.4, 0.5) is 4.39 Å². The van der Waals surface area contributed by atoms with Crippen molar-refractivity contribution >= 4 is 42.2 Å². The maximum atomic E-state index is 12.9. The maximum absolute atomic E-state index is 12.9. The van der Waals surface area contributed by atoms with Gasteiger partial charge in [0.05, 0.1) is 28.5 Å². The Balaban J connectivity index is 2.35. The lowest BCUT2D eigenvalue weighted by Crippen LogP contribution is -1.92. The van der Waals surface area contributed by atoms with Crippen LogP contribution in [0.15, 0.2) is 35.6 Å². The summed E-state index contributed by atoms with van der Waals surface area (Å²) in [5.74, 6) is -0.412. The summed E-state index contributed by atoms with van der Waals surface area (Å²) in [7, 11) is 1.47. The van der Waals surface area contributed by atoms with E-state index in [1.807, 2.05) is 0 Å². The van der Waals surface area contributed by atoms with Crippen molar-refractivity contribution in [1.29, 1.82) is 0 Å². The molecule has 0 amide bonds. The number of nitrogens with zero attached hydrogens (tertiary/aromatic N) is 2. The van der Waals surface area contributed by atoms with Crippen LogP contribution < -0.4 is 0 Å². The van der Waals surface area contributed by atoms with E-state index in [0.29, 0.717) is 21.5 Å². The molecule has 0 spiro atoms. The highest BCUT2D eigenvalue weighted by Crippen LogP contribution is 2.36. The number of fused-ring (bicyclic) bond motifs is 1. The van der Waals surface area contributed by atoms with Crippen LogP contribution in [0.2, 0.25) is 5.02 Å². The highest BCUT2D eigenvalue weighted by molar-refractivity contribution is 8.14. The minimum Gasteiger partial charge on any atom is -0.359 e. The molecule has 2 aromatic heterocycles. The highest BCUT2D eigenvalue weighted by atomic mass is 35.7. The molecule has 3 aromatic rings. The number of hydrogen-bond acceptors (Lipinski definition) is 4. The topological polar surface area (TPSA) is 75.7 Å². The minimum absolute atomic E-state index is 0.0702. The predicted octanol–water partition coefficient (Wildman–Crippen LogP) is 3.34. The second-order valence-electron chi connectivity index (χ2n) is 4.16. The van der Waals surface area contributed by atoms with E-state index in [1.54, 1.807) is 0 Å². The van der Waals surface area contributed by atoms with Gasteiger partial charge in [0, 0.05) is 22.3 Å². The van der Waals surface area contributed by atoms with Gasteiger partial charge in [-0.1, -0.05) is 11.6 Å². The zero-order valence-electron chi connectivity index (χ0n) is 10.1. The standard InChI is InChI=1S/C12H6Cl2FN3O2S/c13-8-2-1-7-9(21(14,19)20)5-16-11(7)10(8)12-17-3-6(15)4-18-12/h1-5,16H. The highest BCUT2D eigenvalue weighted by Gasteiger charge is 2.20. The molecule has 0 radical (unpaired) electrons. The van der Waals surface area contributed by atoms with Crippen molar-refractivity contribution in [2.45, 2.75) is 4.90 Å². The fourth-order valence-electron chi connectivity index (χ4n) is 2.01. The summed E-state index contributed by atoms with van der Waals surface area (Å²) in [6, 6.07) is 3.03. The lowest BCUT2D eigenvalue weighted by atomic mass is 10.1. The number of hydrogen-bond donors (Lipinski definition) is 1. The molecule has 3 rings (SSSR count). The molecule has 108 valence electrons. The van der Waals surface area contributed by atoms with E-state index >= 15 is 0 Å². The molecule has 5 nitrogen and oxygen atoms in total. The van der Waals surface area contributed by atoms with Crippen LogP contribution in [-0.4, -0.2) is 23.4 Å². The van der Waals surface area contributed by atoms with Crippen LogP contribution >= 0.6 is 22.3 Å². The molecule has 2 heterocycles. The lowest BCUT2D eigenvalue weighted by Gasteiger charge is -2.05. The summed E-state index contributed by atoms with van der Waals surface area (Å²) in [5, 5.41) is 0.659. The molecular weight excluding hydrogens is 340 g/mol. The van der Waals surface area contributed by atoms with Gasteiger partial charge in [-0.3, -0.25) is 0 Å². The fourth-order valence-corrected chi connectivity index (χ4v) is 3.27. The number of benzene rings is 1. The normalized spacial score (nSPS) is 12.0. The van der Waals surface area contributed by atoms with Crippen molar-refractivity contribution in [3.05, 3.63) is 41.6 Å². The van der Waals surface area contributed by atoms with E-state index in [2.05, 4.69) is 15.0 Å². The van der Waals surface area contributed by atoms with E-state index in [9.17, 15) is 12.8 Å². The second kappa shape index (κ2) is 4.94. The van der Waals surface area contributed by atoms with Crippen molar-refractivity contribution in [3.63, 3.8) is 0 Å². The van der Waals surface area contributed by atoms with Crippen LogP contribution in [-0.2, 0) is 9.05 Å². The van der Waals surface area contributed by atoms with Crippen molar-refractivity contribution in [3.8, 4) is 11.4 Å². The number of rotatable bonds is 2. The van der Waals surface area contributed by atoms with Crippen molar-refractivity contribution < 1.29 is 12.8 Å². The summed E-state index contributed by atoms with van der Waals surface area (Å²) >= 11 is 6.12. The van der Waals surface area contributed by atoms with Gasteiger partial charge >= 0.3 is 0 Å². The van der Waals surface area contributed by atoms with Gasteiger partial charge in [-0.05, 0) is 12.1 Å². The smallest absolute Gasteiger partial charge is 0.263 e. The molecule has 0 atom stereocenters. The number of aromatic amines is 1. The average molecular weight is 346 g/mol. The summed E-state index contributed by atoms with van der Waals surface area (Å²) in [6.45, 7) is 0. The Labute approximate surface area is 128 Å². The van der Waals surface area contributed by atoms with Crippen LogP contribution in [0.3, 0.4) is 0 Å². The Bertz CT molecular complexity index is 939. The molecule has 21 heavy (non-hydrogen) atoms. The van der Waals surface area contributed by atoms with Crippen molar-refractivity contribution in [2.75, 3.05) is 0 Å². The molecule has 0 bridgehead atoms. The first-order valence-electron chi connectivity index (χ1n) is 5.60. The summed E-state index contributed by atoms with van der Waals surface area (Å²) in [6.07, 6.45) is 3.26. The van der Waals surface area contributed by atoms with E-state index in [-0.39, 0.29) is 10.7 Å². The molecule has 0 aliphatic heterocycles. The van der Waals surface area contributed by atoms with Crippen molar-refractivity contribution in [2.24, 2.45) is 0 Å². The SMILES string of the molecule is O=S(=O)(Cl)c1c[nH]c2c(-c3ncc(F)cn3)c(Cl)ccc12. The average Bonchev–Trinajstić information content (AvgIpc) is 2.84. The fraction of sp³-hybridized carbons (Fsp3) is 0. The van der Waals surface area contributed by atoms with Gasteiger partial charge in [0.25, 0.3) is 9.05 Å². The van der Waals surface area contributed by atoms with E-state index in [0.717, 1.165) is 12.4 Å². The monoisotopic (exact) mass is 345 g/mol. The molecule has 1 N–H and O–H groups in total. The van der Waals surface area contributed by atoms with Gasteiger partial charge in [0.2, 0.25) is 0 Å². The van der Waals surface area contributed by atoms with Crippen LogP contribution in [0.1, 0.15) is 0 Å². The number of aromatic nitrogens is 3. The Morgan fingerprint density at radius 2 is 1.86 bits per heavy atom. The van der Waals surface area contributed by atoms with Crippen LogP contribution in [0.25, 0.3) is 22.3 Å². The Hall–Kier alpha value is -1.70. The Morgan fingerprint density at radius 3 is 2.48 bits per heavy atom. The second-order valence-corrected chi connectivity index (χ2v) is 7.10. The van der Waals surface area contributed by atoms with E-state index < -0.39 is 14.9 Å². The molecule has 1 aromatic carbocycles. The summed E-state index contributed by atoms with van der Waals surface area (Å²) < 4.78 is 35.9. The van der Waals surface area contributed by atoms with Crippen LogP contribution in [0.5, 0.6) is 0 Å². The first kappa shape index (κ1) is 14.2. The largest absolute Gasteiger partial charge is 0.359 e. The zero-order valence-corrected chi connectivity index (χ0v) is 12.5. The van der Waals surface area contributed by atoms with E-state index in [1.165, 1.54) is 18.3 Å². The van der Waals surface area contributed by atoms with Crippen LogP contribution in [0, 0.1) is 5.82 Å². The molecule has 0 saturated carbocycles. The first-order valence-corrected chi connectivity index (χ1v) is 8.29. The van der Waals surface area contributed by atoms with Gasteiger partial charge in [-0.15, -0.1) is 0 Å². The van der Waals surface area contributed by atoms with E-state index in [4.69, 9.17) is 22.3 Å². The van der Waals surface area contributed by atoms with Gasteiger partial charge in [0.15, 0.2) is 11.6 Å². The predicted molar refractivity (Wildman–Crippen MR) is 77.3 cm³/mol. The van der Waals surface area contributed by atoms with Crippen molar-refractivity contribution in [1.82, 2.24) is 15.0 Å². The Kier molecular flexibility index (Phi) is 3.35. The van der Waals surface area contributed by atoms with Gasteiger partial charge in [0.1, 0.15) is 4.90 Å². The molecule has 0 aliphatic rings. The van der Waals surface area contributed by atoms with Gasteiger partial charge in [-0.2, -0.15) is 0 Å². The van der Waals surface area contributed by atoms with Gasteiger partial charge in [-0.25, -0.2) is 22.8 Å². The molecule has 0 saturated heterocycles. The third-order valence-electron chi connectivity index (χ3n) is 2.87. The molecule has 0 aliphatic carbocycles. The quantitative estimate of drug-likeness (QED) is 0.722. The molecule has 0 unspecified atom stereocenters. The third kappa shape index (κ3) is 2.48. The zero-order chi connectivity index (χ0) is 15.2. The number of halogens is 3. The molecular formula is C12H6Cl2FN3O2S. The third-order valence-corrected chi connectivity index (χ3v) is 4.55. The summed E-state index contributed by atoms with van der Waals surface area (Å²) in [5.41, 5.74) is 0.786. The number of H-pyrrole nitrogens is 1.